The lowest BCUT2D eigenvalue weighted by molar-refractivity contribution is 0.101. The number of halogens is 1. The minimum Gasteiger partial charge on any atom is -0.322 e. The quantitative estimate of drug-likeness (QED) is 0.714. The molecule has 2 aromatic carbocycles. The van der Waals surface area contributed by atoms with Gasteiger partial charge in [-0.25, -0.2) is 4.39 Å². The molecule has 1 aliphatic heterocycles. The summed E-state index contributed by atoms with van der Waals surface area (Å²) in [5.74, 6) is -1.17. The van der Waals surface area contributed by atoms with Gasteiger partial charge in [-0.3, -0.25) is 14.6 Å². The van der Waals surface area contributed by atoms with Gasteiger partial charge < -0.3 is 10.6 Å². The van der Waals surface area contributed by atoms with Crippen molar-refractivity contribution in [3.63, 3.8) is 0 Å². The first-order valence-electron chi connectivity index (χ1n) is 7.74. The van der Waals surface area contributed by atoms with Crippen LogP contribution in [0.5, 0.6) is 0 Å². The number of pyridine rings is 1. The number of nitrogens with zero attached hydrogens (tertiary/aromatic N) is 1. The Balaban J connectivity index is 1.64. The van der Waals surface area contributed by atoms with Crippen LogP contribution in [0.25, 0.3) is 0 Å². The fourth-order valence-corrected chi connectivity index (χ4v) is 3.56. The number of amides is 2. The van der Waals surface area contributed by atoms with Crippen LogP contribution in [0.15, 0.2) is 70.7 Å². The molecule has 0 fully saturated rings. The van der Waals surface area contributed by atoms with Gasteiger partial charge in [0, 0.05) is 33.4 Å². The van der Waals surface area contributed by atoms with Crippen LogP contribution in [0.4, 0.5) is 15.8 Å². The van der Waals surface area contributed by atoms with E-state index in [0.29, 0.717) is 21.8 Å². The van der Waals surface area contributed by atoms with Crippen LogP contribution in [0.2, 0.25) is 0 Å². The van der Waals surface area contributed by atoms with Gasteiger partial charge in [0.25, 0.3) is 11.8 Å². The predicted octanol–water partition coefficient (Wildman–Crippen LogP) is 4.19. The maximum absolute atomic E-state index is 13.5. The van der Waals surface area contributed by atoms with Gasteiger partial charge >= 0.3 is 0 Å². The molecule has 0 saturated heterocycles. The van der Waals surface area contributed by atoms with Crippen LogP contribution in [-0.4, -0.2) is 16.8 Å². The van der Waals surface area contributed by atoms with E-state index in [2.05, 4.69) is 15.6 Å². The highest BCUT2D eigenvalue weighted by atomic mass is 32.2. The zero-order valence-electron chi connectivity index (χ0n) is 13.3. The monoisotopic (exact) mass is 365 g/mol. The molecule has 26 heavy (non-hydrogen) atoms. The fraction of sp³-hybridized carbons (Fsp3) is 0. The zero-order valence-corrected chi connectivity index (χ0v) is 14.1. The van der Waals surface area contributed by atoms with Crippen molar-refractivity contribution in [3.8, 4) is 0 Å². The smallest absolute Gasteiger partial charge is 0.256 e. The maximum atomic E-state index is 13.5. The minimum absolute atomic E-state index is 0.272. The molecule has 2 N–H and O–H groups in total. The van der Waals surface area contributed by atoms with Crippen molar-refractivity contribution in [2.45, 2.75) is 9.79 Å². The summed E-state index contributed by atoms with van der Waals surface area (Å²) < 4.78 is 13.5. The van der Waals surface area contributed by atoms with E-state index in [1.807, 2.05) is 0 Å². The summed E-state index contributed by atoms with van der Waals surface area (Å²) in [4.78, 5) is 30.2. The number of hydrogen-bond acceptors (Lipinski definition) is 4. The summed E-state index contributed by atoms with van der Waals surface area (Å²) in [7, 11) is 0. The van der Waals surface area contributed by atoms with Gasteiger partial charge in [0.05, 0.1) is 11.3 Å². The Morgan fingerprint density at radius 2 is 1.81 bits per heavy atom. The summed E-state index contributed by atoms with van der Waals surface area (Å²) in [6.45, 7) is 0. The third kappa shape index (κ3) is 3.16. The third-order valence-corrected chi connectivity index (χ3v) is 4.99. The second-order valence-electron chi connectivity index (χ2n) is 5.60. The molecule has 2 amide bonds. The largest absolute Gasteiger partial charge is 0.322 e. The molecular weight excluding hydrogens is 353 g/mol. The highest BCUT2D eigenvalue weighted by molar-refractivity contribution is 7.99. The molecule has 0 atom stereocenters. The van der Waals surface area contributed by atoms with E-state index in [9.17, 15) is 14.0 Å². The minimum atomic E-state index is -0.470. The fourth-order valence-electron chi connectivity index (χ4n) is 2.57. The summed E-state index contributed by atoms with van der Waals surface area (Å²) in [6.07, 6.45) is 3.17. The standard InChI is InChI=1S/C19H12FN3O2S/c20-12-2-4-16-14(10-12)19(25)23-15-9-11(1-3-17(15)26-16)18(24)22-13-5-7-21-8-6-13/h1-10H,(H,23,25)(H,21,22,24). The molecular formula is C19H12FN3O2S. The van der Waals surface area contributed by atoms with Gasteiger partial charge in [-0.1, -0.05) is 11.8 Å². The Morgan fingerprint density at radius 1 is 1.04 bits per heavy atom. The van der Waals surface area contributed by atoms with Crippen molar-refractivity contribution in [1.29, 1.82) is 0 Å². The van der Waals surface area contributed by atoms with Crippen molar-refractivity contribution < 1.29 is 14.0 Å². The first kappa shape index (κ1) is 16.3. The van der Waals surface area contributed by atoms with E-state index < -0.39 is 11.7 Å². The van der Waals surface area contributed by atoms with Crippen LogP contribution in [0.1, 0.15) is 20.7 Å². The SMILES string of the molecule is O=C(Nc1ccncc1)c1ccc2c(c1)NC(=O)c1cc(F)ccc1S2. The number of nitrogens with one attached hydrogen (secondary N) is 2. The maximum Gasteiger partial charge on any atom is 0.256 e. The van der Waals surface area contributed by atoms with Crippen molar-refractivity contribution in [1.82, 2.24) is 4.98 Å². The van der Waals surface area contributed by atoms with Crippen LogP contribution >= 0.6 is 11.8 Å². The molecule has 1 aliphatic rings. The third-order valence-electron chi connectivity index (χ3n) is 3.83. The molecule has 3 aromatic rings. The summed E-state index contributed by atoms with van der Waals surface area (Å²) in [6, 6.07) is 12.5. The number of carbonyl (C=O) groups excluding carboxylic acids is 2. The molecule has 4 rings (SSSR count). The lowest BCUT2D eigenvalue weighted by Gasteiger charge is -2.09. The van der Waals surface area contributed by atoms with E-state index in [1.165, 1.54) is 23.9 Å². The Labute approximate surface area is 152 Å². The van der Waals surface area contributed by atoms with Gasteiger partial charge in [-0.2, -0.15) is 0 Å². The average molecular weight is 365 g/mol. The lowest BCUT2D eigenvalue weighted by Crippen LogP contribution is -2.14. The van der Waals surface area contributed by atoms with Gasteiger partial charge in [-0.15, -0.1) is 0 Å². The van der Waals surface area contributed by atoms with Crippen LogP contribution in [-0.2, 0) is 0 Å². The molecule has 0 saturated carbocycles. The van der Waals surface area contributed by atoms with Crippen molar-refractivity contribution in [2.75, 3.05) is 10.6 Å². The molecule has 0 radical (unpaired) electrons. The molecule has 0 unspecified atom stereocenters. The normalized spacial score (nSPS) is 12.4. The molecule has 7 heteroatoms. The Bertz CT molecular complexity index is 1020. The first-order valence-corrected chi connectivity index (χ1v) is 8.56. The Hall–Kier alpha value is -3.19. The number of carbonyl (C=O) groups is 2. The number of rotatable bonds is 2. The highest BCUT2D eigenvalue weighted by Crippen LogP contribution is 2.39. The predicted molar refractivity (Wildman–Crippen MR) is 97.1 cm³/mol. The van der Waals surface area contributed by atoms with E-state index in [1.54, 1.807) is 48.8 Å². The zero-order chi connectivity index (χ0) is 18.1. The highest BCUT2D eigenvalue weighted by Gasteiger charge is 2.21. The summed E-state index contributed by atoms with van der Waals surface area (Å²) in [5, 5.41) is 5.52. The van der Waals surface area contributed by atoms with Crippen LogP contribution in [0, 0.1) is 5.82 Å². The first-order chi connectivity index (χ1) is 12.6. The van der Waals surface area contributed by atoms with Gasteiger partial charge in [0.15, 0.2) is 0 Å². The summed E-state index contributed by atoms with van der Waals surface area (Å²) >= 11 is 1.35. The molecule has 1 aromatic heterocycles. The Kier molecular flexibility index (Phi) is 4.14. The van der Waals surface area contributed by atoms with E-state index in [0.717, 1.165) is 4.90 Å². The van der Waals surface area contributed by atoms with Crippen LogP contribution < -0.4 is 10.6 Å². The van der Waals surface area contributed by atoms with Crippen molar-refractivity contribution >= 4 is 35.0 Å². The van der Waals surface area contributed by atoms with Crippen LogP contribution in [0.3, 0.4) is 0 Å². The number of anilines is 2. The van der Waals surface area contributed by atoms with Crippen molar-refractivity contribution in [3.05, 3.63) is 77.9 Å². The van der Waals surface area contributed by atoms with E-state index in [4.69, 9.17) is 0 Å². The molecule has 2 heterocycles. The van der Waals surface area contributed by atoms with E-state index >= 15 is 0 Å². The number of benzene rings is 2. The van der Waals surface area contributed by atoms with Gasteiger partial charge in [0.2, 0.25) is 0 Å². The molecule has 128 valence electrons. The average Bonchev–Trinajstić information content (AvgIpc) is 2.78. The number of fused-ring (bicyclic) bond motifs is 2. The lowest BCUT2D eigenvalue weighted by atomic mass is 10.1. The van der Waals surface area contributed by atoms with Crippen molar-refractivity contribution in [2.24, 2.45) is 0 Å². The van der Waals surface area contributed by atoms with Gasteiger partial charge in [0.1, 0.15) is 5.82 Å². The molecule has 5 nitrogen and oxygen atoms in total. The number of aromatic nitrogens is 1. The van der Waals surface area contributed by atoms with E-state index in [-0.39, 0.29) is 11.5 Å². The second-order valence-corrected chi connectivity index (χ2v) is 6.68. The summed E-state index contributed by atoms with van der Waals surface area (Å²) in [5.41, 5.74) is 1.81. The topological polar surface area (TPSA) is 71.1 Å². The van der Waals surface area contributed by atoms with Gasteiger partial charge in [-0.05, 0) is 48.5 Å². The second kappa shape index (κ2) is 6.61. The molecule has 0 spiro atoms. The molecule has 0 bridgehead atoms. The Morgan fingerprint density at radius 3 is 2.62 bits per heavy atom. The number of hydrogen-bond donors (Lipinski definition) is 2. The molecule has 0 aliphatic carbocycles.